The van der Waals surface area contributed by atoms with Crippen LogP contribution in [0.2, 0.25) is 5.02 Å². The van der Waals surface area contributed by atoms with Crippen molar-refractivity contribution in [3.63, 3.8) is 0 Å². The molecule has 0 amide bonds. The van der Waals surface area contributed by atoms with E-state index in [1.807, 2.05) is 13.1 Å². The van der Waals surface area contributed by atoms with Gasteiger partial charge < -0.3 is 9.73 Å². The van der Waals surface area contributed by atoms with Gasteiger partial charge >= 0.3 is 0 Å². The monoisotopic (exact) mass is 289 g/mol. The van der Waals surface area contributed by atoms with Gasteiger partial charge in [0.05, 0.1) is 5.56 Å². The molecule has 102 valence electrons. The van der Waals surface area contributed by atoms with E-state index >= 15 is 0 Å². The molecular weight excluding hydrogens is 277 g/mol. The Kier molecular flexibility index (Phi) is 3.47. The zero-order valence-electron chi connectivity index (χ0n) is 10.9. The van der Waals surface area contributed by atoms with Crippen molar-refractivity contribution in [1.82, 2.24) is 5.32 Å². The summed E-state index contributed by atoms with van der Waals surface area (Å²) in [5.74, 6) is 0.221. The standard InChI is InChI=1S/C16H13ClFNO/c1-19-9-10-2-4-13(14(18)6-10)16-8-11-7-12(17)3-5-15(11)20-16/h2-8,19H,9H2,1H3. The van der Waals surface area contributed by atoms with Crippen LogP contribution in [0.1, 0.15) is 5.56 Å². The van der Waals surface area contributed by atoms with Crippen molar-refractivity contribution in [3.8, 4) is 11.3 Å². The van der Waals surface area contributed by atoms with Crippen LogP contribution in [0.3, 0.4) is 0 Å². The van der Waals surface area contributed by atoms with Crippen LogP contribution in [0.25, 0.3) is 22.3 Å². The topological polar surface area (TPSA) is 25.2 Å². The highest BCUT2D eigenvalue weighted by atomic mass is 35.5. The maximum Gasteiger partial charge on any atom is 0.138 e. The van der Waals surface area contributed by atoms with Gasteiger partial charge in [-0.3, -0.25) is 0 Å². The van der Waals surface area contributed by atoms with Crippen molar-refractivity contribution in [2.75, 3.05) is 7.05 Å². The molecule has 0 fully saturated rings. The molecule has 1 heterocycles. The highest BCUT2D eigenvalue weighted by Gasteiger charge is 2.11. The third-order valence-electron chi connectivity index (χ3n) is 3.16. The van der Waals surface area contributed by atoms with Crippen LogP contribution in [0, 0.1) is 5.82 Å². The molecule has 0 aliphatic carbocycles. The molecule has 4 heteroatoms. The first kappa shape index (κ1) is 13.2. The van der Waals surface area contributed by atoms with Crippen LogP contribution >= 0.6 is 11.6 Å². The average molecular weight is 290 g/mol. The maximum atomic E-state index is 14.2. The Bertz CT molecular complexity index is 766. The Morgan fingerprint density at radius 1 is 1.15 bits per heavy atom. The van der Waals surface area contributed by atoms with E-state index in [0.717, 1.165) is 10.9 Å². The third kappa shape index (κ3) is 2.42. The van der Waals surface area contributed by atoms with Gasteiger partial charge in [-0.05, 0) is 49.0 Å². The number of furan rings is 1. The van der Waals surface area contributed by atoms with Crippen molar-refractivity contribution >= 4 is 22.6 Å². The number of hydrogen-bond donors (Lipinski definition) is 1. The van der Waals surface area contributed by atoms with Crippen LogP contribution < -0.4 is 5.32 Å². The van der Waals surface area contributed by atoms with Gasteiger partial charge in [0.25, 0.3) is 0 Å². The first-order valence-electron chi connectivity index (χ1n) is 6.30. The van der Waals surface area contributed by atoms with E-state index in [9.17, 15) is 4.39 Å². The van der Waals surface area contributed by atoms with E-state index in [2.05, 4.69) is 5.32 Å². The Morgan fingerprint density at radius 3 is 2.75 bits per heavy atom. The SMILES string of the molecule is CNCc1ccc(-c2cc3cc(Cl)ccc3o2)c(F)c1. The molecule has 0 radical (unpaired) electrons. The first-order chi connectivity index (χ1) is 9.67. The molecule has 3 rings (SSSR count). The van der Waals surface area contributed by atoms with Gasteiger partial charge in [0.15, 0.2) is 0 Å². The van der Waals surface area contributed by atoms with Crippen LogP contribution in [-0.4, -0.2) is 7.05 Å². The van der Waals surface area contributed by atoms with Crippen molar-refractivity contribution in [2.45, 2.75) is 6.54 Å². The molecule has 0 saturated carbocycles. The minimum absolute atomic E-state index is 0.289. The molecule has 2 aromatic carbocycles. The van der Waals surface area contributed by atoms with Gasteiger partial charge in [-0.2, -0.15) is 0 Å². The van der Waals surface area contributed by atoms with Crippen LogP contribution in [-0.2, 0) is 6.54 Å². The Labute approximate surface area is 121 Å². The molecule has 0 saturated heterocycles. The lowest BCUT2D eigenvalue weighted by Crippen LogP contribution is -2.05. The summed E-state index contributed by atoms with van der Waals surface area (Å²) in [5, 5.41) is 4.49. The molecule has 20 heavy (non-hydrogen) atoms. The Balaban J connectivity index is 2.06. The highest BCUT2D eigenvalue weighted by Crippen LogP contribution is 2.31. The normalized spacial score (nSPS) is 11.2. The third-order valence-corrected chi connectivity index (χ3v) is 3.39. The number of halogens is 2. The lowest BCUT2D eigenvalue weighted by Gasteiger charge is -2.03. The molecule has 0 unspecified atom stereocenters. The fraction of sp³-hybridized carbons (Fsp3) is 0.125. The van der Waals surface area contributed by atoms with Crippen molar-refractivity contribution in [2.24, 2.45) is 0 Å². The summed E-state index contributed by atoms with van der Waals surface area (Å²) in [6.07, 6.45) is 0. The lowest BCUT2D eigenvalue weighted by atomic mass is 10.1. The van der Waals surface area contributed by atoms with Gasteiger partial charge in [0.2, 0.25) is 0 Å². The molecule has 2 nitrogen and oxygen atoms in total. The van der Waals surface area contributed by atoms with Crippen molar-refractivity contribution in [3.05, 3.63) is 58.9 Å². The molecule has 0 atom stereocenters. The van der Waals surface area contributed by atoms with Crippen molar-refractivity contribution in [1.29, 1.82) is 0 Å². The molecule has 0 bridgehead atoms. The minimum atomic E-state index is -0.289. The lowest BCUT2D eigenvalue weighted by molar-refractivity contribution is 0.599. The second kappa shape index (κ2) is 5.27. The predicted molar refractivity (Wildman–Crippen MR) is 79.4 cm³/mol. The molecule has 0 aliphatic rings. The van der Waals surface area contributed by atoms with Crippen LogP contribution in [0.4, 0.5) is 4.39 Å². The molecule has 3 aromatic rings. The minimum Gasteiger partial charge on any atom is -0.456 e. The highest BCUT2D eigenvalue weighted by molar-refractivity contribution is 6.31. The van der Waals surface area contributed by atoms with E-state index in [-0.39, 0.29) is 5.82 Å². The molecule has 1 aromatic heterocycles. The largest absolute Gasteiger partial charge is 0.456 e. The number of benzene rings is 2. The first-order valence-corrected chi connectivity index (χ1v) is 6.67. The molecule has 0 aliphatic heterocycles. The van der Waals surface area contributed by atoms with Crippen LogP contribution in [0.15, 0.2) is 46.9 Å². The fourth-order valence-electron chi connectivity index (χ4n) is 2.22. The van der Waals surface area contributed by atoms with E-state index in [1.165, 1.54) is 6.07 Å². The number of fused-ring (bicyclic) bond motifs is 1. The van der Waals surface area contributed by atoms with E-state index in [1.54, 1.807) is 30.3 Å². The van der Waals surface area contributed by atoms with Crippen molar-refractivity contribution < 1.29 is 8.81 Å². The van der Waals surface area contributed by atoms with E-state index in [0.29, 0.717) is 28.5 Å². The number of hydrogen-bond acceptors (Lipinski definition) is 2. The second-order valence-corrected chi connectivity index (χ2v) is 5.07. The molecule has 0 spiro atoms. The van der Waals surface area contributed by atoms with Crippen LogP contribution in [0.5, 0.6) is 0 Å². The summed E-state index contributed by atoms with van der Waals surface area (Å²) >= 11 is 5.94. The second-order valence-electron chi connectivity index (χ2n) is 4.64. The van der Waals surface area contributed by atoms with Gasteiger partial charge in [-0.1, -0.05) is 17.7 Å². The average Bonchev–Trinajstić information content (AvgIpc) is 2.81. The fourth-order valence-corrected chi connectivity index (χ4v) is 2.40. The molecular formula is C16H13ClFNO. The zero-order valence-corrected chi connectivity index (χ0v) is 11.7. The Morgan fingerprint density at radius 2 is 2.00 bits per heavy atom. The summed E-state index contributed by atoms with van der Waals surface area (Å²) in [6, 6.07) is 12.3. The summed E-state index contributed by atoms with van der Waals surface area (Å²) in [5.41, 5.74) is 2.05. The van der Waals surface area contributed by atoms with E-state index in [4.69, 9.17) is 16.0 Å². The Hall–Kier alpha value is -1.84. The number of rotatable bonds is 3. The van der Waals surface area contributed by atoms with E-state index < -0.39 is 0 Å². The van der Waals surface area contributed by atoms with Gasteiger partial charge in [0.1, 0.15) is 17.2 Å². The zero-order chi connectivity index (χ0) is 14.1. The smallest absolute Gasteiger partial charge is 0.138 e. The summed E-state index contributed by atoms with van der Waals surface area (Å²) in [6.45, 7) is 0.632. The quantitative estimate of drug-likeness (QED) is 0.761. The summed E-state index contributed by atoms with van der Waals surface area (Å²) in [4.78, 5) is 0. The predicted octanol–water partition coefficient (Wildman–Crippen LogP) is 4.61. The number of nitrogens with one attached hydrogen (secondary N) is 1. The maximum absolute atomic E-state index is 14.2. The molecule has 1 N–H and O–H groups in total. The summed E-state index contributed by atoms with van der Waals surface area (Å²) in [7, 11) is 1.83. The van der Waals surface area contributed by atoms with Gasteiger partial charge in [0, 0.05) is 17.0 Å². The summed E-state index contributed by atoms with van der Waals surface area (Å²) < 4.78 is 19.8. The van der Waals surface area contributed by atoms with Gasteiger partial charge in [-0.25, -0.2) is 4.39 Å². The van der Waals surface area contributed by atoms with Gasteiger partial charge in [-0.15, -0.1) is 0 Å².